The fourth-order valence-corrected chi connectivity index (χ4v) is 3.62. The molecule has 1 atom stereocenters. The Bertz CT molecular complexity index is 799. The average molecular weight is 385 g/mol. The second-order valence-electron chi connectivity index (χ2n) is 7.26. The van der Waals surface area contributed by atoms with Gasteiger partial charge in [0.05, 0.1) is 46.1 Å². The molecular formula is C22H30N3O3+. The largest absolute Gasteiger partial charge is 0.497 e. The van der Waals surface area contributed by atoms with E-state index in [0.717, 1.165) is 43.2 Å². The maximum atomic E-state index is 12.8. The first-order chi connectivity index (χ1) is 13.5. The Labute approximate surface area is 167 Å². The zero-order chi connectivity index (χ0) is 20.1. The fourth-order valence-electron chi connectivity index (χ4n) is 3.62. The van der Waals surface area contributed by atoms with E-state index < -0.39 is 0 Å². The third kappa shape index (κ3) is 4.57. The number of hydrogen-bond donors (Lipinski definition) is 2. The number of nitrogens with zero attached hydrogens (tertiary/aromatic N) is 1. The lowest BCUT2D eigenvalue weighted by atomic mass is 10.1. The van der Waals surface area contributed by atoms with Crippen LogP contribution in [0, 0.1) is 6.92 Å². The zero-order valence-corrected chi connectivity index (χ0v) is 17.1. The topological polar surface area (TPSA) is 55.2 Å². The molecule has 0 saturated carbocycles. The van der Waals surface area contributed by atoms with Crippen molar-refractivity contribution in [3.05, 3.63) is 48.0 Å². The van der Waals surface area contributed by atoms with Gasteiger partial charge in [-0.05, 0) is 55.8 Å². The van der Waals surface area contributed by atoms with Crippen LogP contribution in [0.1, 0.15) is 12.5 Å². The molecule has 28 heavy (non-hydrogen) atoms. The maximum absolute atomic E-state index is 12.8. The Morgan fingerprint density at radius 2 is 1.75 bits per heavy atom. The van der Waals surface area contributed by atoms with Gasteiger partial charge in [0.1, 0.15) is 11.5 Å². The summed E-state index contributed by atoms with van der Waals surface area (Å²) in [5.74, 6) is 1.58. The fraction of sp³-hybridized carbons (Fsp3) is 0.409. The molecule has 1 heterocycles. The second-order valence-corrected chi connectivity index (χ2v) is 7.26. The molecule has 1 aliphatic rings. The molecule has 0 unspecified atom stereocenters. The Hall–Kier alpha value is -2.73. The highest BCUT2D eigenvalue weighted by molar-refractivity contribution is 5.95. The van der Waals surface area contributed by atoms with Crippen molar-refractivity contribution in [2.24, 2.45) is 0 Å². The van der Waals surface area contributed by atoms with Crippen molar-refractivity contribution in [1.82, 2.24) is 0 Å². The van der Waals surface area contributed by atoms with E-state index in [1.54, 1.807) is 14.2 Å². The monoisotopic (exact) mass is 384 g/mol. The van der Waals surface area contributed by atoms with E-state index in [9.17, 15) is 4.79 Å². The molecule has 6 nitrogen and oxygen atoms in total. The smallest absolute Gasteiger partial charge is 0.282 e. The summed E-state index contributed by atoms with van der Waals surface area (Å²) in [5.41, 5.74) is 3.02. The number of anilines is 2. The Morgan fingerprint density at radius 3 is 2.36 bits per heavy atom. The summed E-state index contributed by atoms with van der Waals surface area (Å²) in [6, 6.07) is 13.8. The van der Waals surface area contributed by atoms with Crippen LogP contribution in [0.3, 0.4) is 0 Å². The molecular weight excluding hydrogens is 354 g/mol. The van der Waals surface area contributed by atoms with E-state index in [1.807, 2.05) is 44.2 Å². The number of rotatable bonds is 6. The van der Waals surface area contributed by atoms with Crippen molar-refractivity contribution in [3.8, 4) is 11.5 Å². The number of amides is 1. The minimum Gasteiger partial charge on any atom is -0.497 e. The highest BCUT2D eigenvalue weighted by atomic mass is 16.5. The van der Waals surface area contributed by atoms with Crippen molar-refractivity contribution < 1.29 is 19.2 Å². The predicted octanol–water partition coefficient (Wildman–Crippen LogP) is 1.74. The van der Waals surface area contributed by atoms with Gasteiger partial charge in [-0.3, -0.25) is 4.79 Å². The van der Waals surface area contributed by atoms with Crippen LogP contribution in [0.2, 0.25) is 0 Å². The normalized spacial score (nSPS) is 15.8. The number of nitrogens with one attached hydrogen (secondary N) is 2. The highest BCUT2D eigenvalue weighted by Gasteiger charge is 2.29. The molecule has 1 aliphatic heterocycles. The number of carbonyl (C=O) groups excluding carboxylic acids is 1. The summed E-state index contributed by atoms with van der Waals surface area (Å²) in [6.45, 7) is 7.69. The lowest BCUT2D eigenvalue weighted by Crippen LogP contribution is -3.19. The van der Waals surface area contributed by atoms with Crippen LogP contribution in [-0.2, 0) is 4.79 Å². The van der Waals surface area contributed by atoms with E-state index in [4.69, 9.17) is 9.47 Å². The minimum absolute atomic E-state index is 0.0248. The number of benzene rings is 2. The quantitative estimate of drug-likeness (QED) is 0.797. The Balaban J connectivity index is 1.57. The molecule has 1 amide bonds. The van der Waals surface area contributed by atoms with Gasteiger partial charge in [-0.15, -0.1) is 0 Å². The van der Waals surface area contributed by atoms with Gasteiger partial charge in [0.15, 0.2) is 6.04 Å². The Morgan fingerprint density at radius 1 is 1.07 bits per heavy atom. The molecule has 0 aromatic heterocycles. The van der Waals surface area contributed by atoms with Gasteiger partial charge in [-0.25, -0.2) is 0 Å². The molecule has 0 spiro atoms. The summed E-state index contributed by atoms with van der Waals surface area (Å²) in [6.07, 6.45) is 0. The lowest BCUT2D eigenvalue weighted by Gasteiger charge is -2.36. The first-order valence-corrected chi connectivity index (χ1v) is 9.71. The van der Waals surface area contributed by atoms with Crippen LogP contribution in [0.4, 0.5) is 11.4 Å². The van der Waals surface area contributed by atoms with Crippen LogP contribution >= 0.6 is 0 Å². The van der Waals surface area contributed by atoms with E-state index in [0.29, 0.717) is 5.75 Å². The summed E-state index contributed by atoms with van der Waals surface area (Å²) in [4.78, 5) is 16.5. The molecule has 3 rings (SSSR count). The lowest BCUT2D eigenvalue weighted by molar-refractivity contribution is -0.914. The molecule has 0 bridgehead atoms. The van der Waals surface area contributed by atoms with E-state index in [-0.39, 0.29) is 11.9 Å². The highest BCUT2D eigenvalue weighted by Crippen LogP contribution is 2.25. The number of quaternary nitrogens is 1. The molecule has 6 heteroatoms. The summed E-state index contributed by atoms with van der Waals surface area (Å²) in [5, 5.41) is 3.04. The van der Waals surface area contributed by atoms with Crippen LogP contribution in [0.25, 0.3) is 0 Å². The van der Waals surface area contributed by atoms with Gasteiger partial charge in [-0.1, -0.05) is 6.07 Å². The SMILES string of the molecule is COc1ccc(N2CC[NH+]([C@@H](C)C(=O)Nc3cc(C)ccc3OC)CC2)cc1. The van der Waals surface area contributed by atoms with E-state index >= 15 is 0 Å². The van der Waals surface area contributed by atoms with Gasteiger partial charge >= 0.3 is 0 Å². The van der Waals surface area contributed by atoms with Gasteiger partial charge in [-0.2, -0.15) is 0 Å². The zero-order valence-electron chi connectivity index (χ0n) is 17.1. The molecule has 2 aromatic rings. The number of carbonyl (C=O) groups is 1. The van der Waals surface area contributed by atoms with Gasteiger partial charge in [0.2, 0.25) is 0 Å². The molecule has 0 aliphatic carbocycles. The third-order valence-corrected chi connectivity index (χ3v) is 5.46. The molecule has 150 valence electrons. The van der Waals surface area contributed by atoms with E-state index in [2.05, 4.69) is 22.3 Å². The van der Waals surface area contributed by atoms with E-state index in [1.165, 1.54) is 10.6 Å². The van der Waals surface area contributed by atoms with Crippen LogP contribution in [0.5, 0.6) is 11.5 Å². The first kappa shape index (κ1) is 20.0. The molecule has 2 N–H and O–H groups in total. The summed E-state index contributed by atoms with van der Waals surface area (Å²) in [7, 11) is 3.29. The van der Waals surface area contributed by atoms with Gasteiger partial charge < -0.3 is 24.6 Å². The summed E-state index contributed by atoms with van der Waals surface area (Å²) >= 11 is 0. The second kappa shape index (κ2) is 8.97. The number of piperazine rings is 1. The van der Waals surface area contributed by atoms with Crippen molar-refractivity contribution >= 4 is 17.3 Å². The standard InChI is InChI=1S/C22H29N3O3/c1-16-5-10-21(28-4)20(15-16)23-22(26)17(2)24-11-13-25(14-12-24)18-6-8-19(27-3)9-7-18/h5-10,15,17H,11-14H2,1-4H3,(H,23,26)/p+1/t17-/m0/s1. The predicted molar refractivity (Wildman–Crippen MR) is 112 cm³/mol. The van der Waals surface area contributed by atoms with Crippen molar-refractivity contribution in [3.63, 3.8) is 0 Å². The number of hydrogen-bond acceptors (Lipinski definition) is 4. The number of methoxy groups -OCH3 is 2. The van der Waals surface area contributed by atoms with Crippen molar-refractivity contribution in [2.75, 3.05) is 50.6 Å². The molecule has 2 aromatic carbocycles. The maximum Gasteiger partial charge on any atom is 0.282 e. The number of aryl methyl sites for hydroxylation is 1. The van der Waals surface area contributed by atoms with Gasteiger partial charge in [0.25, 0.3) is 5.91 Å². The van der Waals surface area contributed by atoms with Crippen molar-refractivity contribution in [2.45, 2.75) is 19.9 Å². The Kier molecular flexibility index (Phi) is 6.41. The first-order valence-electron chi connectivity index (χ1n) is 9.71. The minimum atomic E-state index is -0.122. The van der Waals surface area contributed by atoms with Crippen LogP contribution in [0.15, 0.2) is 42.5 Å². The van der Waals surface area contributed by atoms with Gasteiger partial charge in [0, 0.05) is 5.69 Å². The molecule has 1 fully saturated rings. The third-order valence-electron chi connectivity index (χ3n) is 5.46. The molecule has 0 radical (unpaired) electrons. The van der Waals surface area contributed by atoms with Crippen molar-refractivity contribution in [1.29, 1.82) is 0 Å². The molecule has 1 saturated heterocycles. The average Bonchev–Trinajstić information content (AvgIpc) is 2.73. The summed E-state index contributed by atoms with van der Waals surface area (Å²) < 4.78 is 10.6. The van der Waals surface area contributed by atoms with Crippen LogP contribution in [-0.4, -0.2) is 52.3 Å². The van der Waals surface area contributed by atoms with Crippen LogP contribution < -0.4 is 24.6 Å². The number of ether oxygens (including phenoxy) is 2.